The van der Waals surface area contributed by atoms with Crippen molar-refractivity contribution >= 4 is 11.9 Å². The maximum absolute atomic E-state index is 11.9. The standard InChI is InChI=1S/C17H23NO5/c1-22-14-8-4-5-9-15(14)23-11-16(19)18-10-12-6-2-3-7-13(12)17(20)21/h4-5,8-9,12-13H,2-3,6-7,10-11H2,1H3,(H,18,19)(H,20,21)/t12-,13-/m0/s1. The van der Waals surface area contributed by atoms with Crippen LogP contribution in [0, 0.1) is 11.8 Å². The monoisotopic (exact) mass is 321 g/mol. The third kappa shape index (κ3) is 4.87. The van der Waals surface area contributed by atoms with Crippen molar-refractivity contribution in [1.82, 2.24) is 5.32 Å². The van der Waals surface area contributed by atoms with Gasteiger partial charge in [0.05, 0.1) is 13.0 Å². The SMILES string of the molecule is COc1ccccc1OCC(=O)NC[C@@H]1CCCC[C@@H]1C(=O)O. The Hall–Kier alpha value is -2.24. The average molecular weight is 321 g/mol. The number of carboxylic acid groups (broad SMARTS) is 1. The van der Waals surface area contributed by atoms with E-state index in [1.165, 1.54) is 7.11 Å². The number of amides is 1. The summed E-state index contributed by atoms with van der Waals surface area (Å²) in [6.07, 6.45) is 3.48. The molecule has 1 saturated carbocycles. The van der Waals surface area contributed by atoms with E-state index in [-0.39, 0.29) is 24.3 Å². The second-order valence-corrected chi connectivity index (χ2v) is 5.73. The topological polar surface area (TPSA) is 84.9 Å². The van der Waals surface area contributed by atoms with Crippen LogP contribution in [0.15, 0.2) is 24.3 Å². The summed E-state index contributed by atoms with van der Waals surface area (Å²) in [5.74, 6) is -0.319. The Morgan fingerprint density at radius 2 is 1.91 bits per heavy atom. The van der Waals surface area contributed by atoms with E-state index >= 15 is 0 Å². The number of methoxy groups -OCH3 is 1. The summed E-state index contributed by atoms with van der Waals surface area (Å²) in [6, 6.07) is 7.11. The van der Waals surface area contributed by atoms with E-state index in [0.717, 1.165) is 19.3 Å². The smallest absolute Gasteiger partial charge is 0.306 e. The van der Waals surface area contributed by atoms with Crippen molar-refractivity contribution < 1.29 is 24.2 Å². The van der Waals surface area contributed by atoms with Crippen molar-refractivity contribution in [2.45, 2.75) is 25.7 Å². The van der Waals surface area contributed by atoms with Crippen LogP contribution in [0.25, 0.3) is 0 Å². The molecule has 0 aliphatic heterocycles. The molecule has 0 spiro atoms. The molecule has 6 nitrogen and oxygen atoms in total. The highest BCUT2D eigenvalue weighted by molar-refractivity contribution is 5.77. The van der Waals surface area contributed by atoms with E-state index in [4.69, 9.17) is 9.47 Å². The summed E-state index contributed by atoms with van der Waals surface area (Å²) in [6.45, 7) is 0.260. The second-order valence-electron chi connectivity index (χ2n) is 5.73. The molecule has 2 atom stereocenters. The van der Waals surface area contributed by atoms with E-state index in [2.05, 4.69) is 5.32 Å². The molecule has 1 aliphatic rings. The second kappa shape index (κ2) is 8.41. The number of ether oxygens (including phenoxy) is 2. The van der Waals surface area contributed by atoms with Crippen LogP contribution in [0.2, 0.25) is 0 Å². The zero-order chi connectivity index (χ0) is 16.7. The van der Waals surface area contributed by atoms with Gasteiger partial charge in [-0.15, -0.1) is 0 Å². The zero-order valence-corrected chi connectivity index (χ0v) is 13.3. The van der Waals surface area contributed by atoms with Crippen molar-refractivity contribution in [3.8, 4) is 11.5 Å². The Balaban J connectivity index is 1.79. The molecule has 0 unspecified atom stereocenters. The van der Waals surface area contributed by atoms with Crippen molar-refractivity contribution in [3.63, 3.8) is 0 Å². The lowest BCUT2D eigenvalue weighted by atomic mass is 9.79. The van der Waals surface area contributed by atoms with E-state index < -0.39 is 5.97 Å². The molecular weight excluding hydrogens is 298 g/mol. The van der Waals surface area contributed by atoms with Gasteiger partial charge in [0.15, 0.2) is 18.1 Å². The fraction of sp³-hybridized carbons (Fsp3) is 0.529. The summed E-state index contributed by atoms with van der Waals surface area (Å²) < 4.78 is 10.6. The van der Waals surface area contributed by atoms with Crippen LogP contribution in [0.4, 0.5) is 0 Å². The van der Waals surface area contributed by atoms with Gasteiger partial charge in [-0.25, -0.2) is 0 Å². The summed E-state index contributed by atoms with van der Waals surface area (Å²) in [7, 11) is 1.54. The van der Waals surface area contributed by atoms with Crippen LogP contribution in [0.1, 0.15) is 25.7 Å². The molecule has 0 heterocycles. The van der Waals surface area contributed by atoms with Crippen LogP contribution in [-0.2, 0) is 9.59 Å². The quantitative estimate of drug-likeness (QED) is 0.803. The van der Waals surface area contributed by atoms with Crippen LogP contribution in [0.5, 0.6) is 11.5 Å². The molecule has 0 aromatic heterocycles. The van der Waals surface area contributed by atoms with Gasteiger partial charge in [-0.1, -0.05) is 25.0 Å². The predicted molar refractivity (Wildman–Crippen MR) is 84.6 cm³/mol. The molecule has 0 bridgehead atoms. The highest BCUT2D eigenvalue weighted by Gasteiger charge is 2.30. The number of nitrogens with one attached hydrogen (secondary N) is 1. The highest BCUT2D eigenvalue weighted by atomic mass is 16.5. The van der Waals surface area contributed by atoms with Gasteiger partial charge in [0, 0.05) is 6.54 Å². The largest absolute Gasteiger partial charge is 0.493 e. The van der Waals surface area contributed by atoms with Crippen molar-refractivity contribution in [1.29, 1.82) is 0 Å². The molecule has 126 valence electrons. The number of carbonyl (C=O) groups excluding carboxylic acids is 1. The lowest BCUT2D eigenvalue weighted by Gasteiger charge is -2.28. The van der Waals surface area contributed by atoms with Gasteiger partial charge in [0.2, 0.25) is 0 Å². The predicted octanol–water partition coefficient (Wildman–Crippen LogP) is 2.08. The molecule has 1 aromatic rings. The molecule has 1 fully saturated rings. The molecule has 2 N–H and O–H groups in total. The van der Waals surface area contributed by atoms with Crippen LogP contribution < -0.4 is 14.8 Å². The normalized spacial score (nSPS) is 20.6. The van der Waals surface area contributed by atoms with Gasteiger partial charge in [-0.2, -0.15) is 0 Å². The molecule has 0 radical (unpaired) electrons. The molecule has 0 saturated heterocycles. The average Bonchev–Trinajstić information content (AvgIpc) is 2.58. The number of hydrogen-bond donors (Lipinski definition) is 2. The first-order chi connectivity index (χ1) is 11.1. The van der Waals surface area contributed by atoms with Gasteiger partial charge in [-0.3, -0.25) is 9.59 Å². The molecule has 6 heteroatoms. The van der Waals surface area contributed by atoms with Crippen molar-refractivity contribution in [2.24, 2.45) is 11.8 Å². The number of aliphatic carboxylic acids is 1. The molecule has 23 heavy (non-hydrogen) atoms. The van der Waals surface area contributed by atoms with Crippen molar-refractivity contribution in [3.05, 3.63) is 24.3 Å². The summed E-state index contributed by atoms with van der Waals surface area (Å²) in [5.41, 5.74) is 0. The van der Waals surface area contributed by atoms with E-state index in [0.29, 0.717) is 24.5 Å². The maximum Gasteiger partial charge on any atom is 0.306 e. The number of carboxylic acids is 1. The van der Waals surface area contributed by atoms with Crippen LogP contribution in [0.3, 0.4) is 0 Å². The molecule has 2 rings (SSSR count). The first-order valence-electron chi connectivity index (χ1n) is 7.87. The third-order valence-corrected chi connectivity index (χ3v) is 4.22. The first kappa shape index (κ1) is 17.1. The van der Waals surface area contributed by atoms with Gasteiger partial charge in [-0.05, 0) is 30.9 Å². The highest BCUT2D eigenvalue weighted by Crippen LogP contribution is 2.29. The van der Waals surface area contributed by atoms with Crippen LogP contribution >= 0.6 is 0 Å². The first-order valence-corrected chi connectivity index (χ1v) is 7.87. The summed E-state index contributed by atoms with van der Waals surface area (Å²) in [4.78, 5) is 23.2. The number of carbonyl (C=O) groups is 2. The fourth-order valence-electron chi connectivity index (χ4n) is 2.95. The van der Waals surface area contributed by atoms with Crippen LogP contribution in [-0.4, -0.2) is 37.2 Å². The summed E-state index contributed by atoms with van der Waals surface area (Å²) in [5, 5.41) is 12.0. The minimum absolute atomic E-state index is 0.00328. The summed E-state index contributed by atoms with van der Waals surface area (Å²) >= 11 is 0. The zero-order valence-electron chi connectivity index (χ0n) is 13.3. The minimum atomic E-state index is -0.769. The maximum atomic E-state index is 11.9. The lowest BCUT2D eigenvalue weighted by molar-refractivity contribution is -0.145. The molecule has 1 amide bonds. The van der Waals surface area contributed by atoms with E-state index in [9.17, 15) is 14.7 Å². The van der Waals surface area contributed by atoms with Gasteiger partial charge in [0.1, 0.15) is 0 Å². The third-order valence-electron chi connectivity index (χ3n) is 4.22. The molecule has 1 aliphatic carbocycles. The number of para-hydroxylation sites is 2. The Morgan fingerprint density at radius 1 is 1.22 bits per heavy atom. The Morgan fingerprint density at radius 3 is 2.61 bits per heavy atom. The van der Waals surface area contributed by atoms with Gasteiger partial charge in [0.25, 0.3) is 5.91 Å². The van der Waals surface area contributed by atoms with E-state index in [1.807, 2.05) is 6.07 Å². The van der Waals surface area contributed by atoms with Gasteiger partial charge >= 0.3 is 5.97 Å². The molecule has 1 aromatic carbocycles. The molecular formula is C17H23NO5. The number of benzene rings is 1. The Labute approximate surface area is 135 Å². The minimum Gasteiger partial charge on any atom is -0.493 e. The van der Waals surface area contributed by atoms with Gasteiger partial charge < -0.3 is 19.9 Å². The number of rotatable bonds is 7. The Bertz CT molecular complexity index is 546. The fourth-order valence-corrected chi connectivity index (χ4v) is 2.95. The van der Waals surface area contributed by atoms with E-state index in [1.54, 1.807) is 18.2 Å². The number of hydrogen-bond acceptors (Lipinski definition) is 4. The van der Waals surface area contributed by atoms with Crippen molar-refractivity contribution in [2.75, 3.05) is 20.3 Å². The Kier molecular flexibility index (Phi) is 6.26. The lowest BCUT2D eigenvalue weighted by Crippen LogP contribution is -2.38.